The molecule has 0 aromatic heterocycles. The molecule has 0 unspecified atom stereocenters. The molecule has 0 bridgehead atoms. The second-order valence-electron chi connectivity index (χ2n) is 6.82. The predicted octanol–water partition coefficient (Wildman–Crippen LogP) is 2.68. The van der Waals surface area contributed by atoms with Crippen LogP contribution in [0.2, 0.25) is 0 Å². The molecular formula is C21H24FN3O3. The van der Waals surface area contributed by atoms with Crippen LogP contribution in [0.3, 0.4) is 0 Å². The number of rotatable bonds is 5. The topological polar surface area (TPSA) is 61.9 Å². The van der Waals surface area contributed by atoms with Crippen LogP contribution in [-0.4, -0.2) is 56.6 Å². The normalized spacial score (nSPS) is 13.9. The van der Waals surface area contributed by atoms with E-state index in [1.165, 1.54) is 18.0 Å². The summed E-state index contributed by atoms with van der Waals surface area (Å²) in [6.07, 6.45) is 0. The maximum Gasteiger partial charge on any atom is 0.254 e. The first-order chi connectivity index (χ1) is 13.4. The third kappa shape index (κ3) is 4.86. The molecule has 148 valence electrons. The second kappa shape index (κ2) is 8.84. The highest BCUT2D eigenvalue weighted by atomic mass is 19.1. The van der Waals surface area contributed by atoms with E-state index < -0.39 is 11.7 Å². The van der Waals surface area contributed by atoms with E-state index in [-0.39, 0.29) is 18.0 Å². The number of carbonyl (C=O) groups excluding carboxylic acids is 2. The molecule has 1 saturated heterocycles. The van der Waals surface area contributed by atoms with Crippen molar-refractivity contribution in [1.29, 1.82) is 0 Å². The number of nitrogens with zero attached hydrogens (tertiary/aromatic N) is 2. The van der Waals surface area contributed by atoms with E-state index >= 15 is 0 Å². The minimum atomic E-state index is -0.441. The Balaban J connectivity index is 1.55. The predicted molar refractivity (Wildman–Crippen MR) is 106 cm³/mol. The molecule has 0 radical (unpaired) electrons. The van der Waals surface area contributed by atoms with Crippen molar-refractivity contribution in [3.05, 3.63) is 59.4 Å². The SMILES string of the molecule is Cc1ccc(C(=O)N(C)CC(=O)Nc2ccc(N3CCOCC3)cc2)cc1F. The van der Waals surface area contributed by atoms with Gasteiger partial charge in [-0.15, -0.1) is 0 Å². The molecule has 7 heteroatoms. The Kier molecular flexibility index (Phi) is 6.26. The van der Waals surface area contributed by atoms with Gasteiger partial charge in [-0.25, -0.2) is 4.39 Å². The van der Waals surface area contributed by atoms with Crippen LogP contribution in [0.15, 0.2) is 42.5 Å². The average Bonchev–Trinajstić information content (AvgIpc) is 2.70. The second-order valence-corrected chi connectivity index (χ2v) is 6.82. The molecule has 1 aliphatic rings. The highest BCUT2D eigenvalue weighted by Gasteiger charge is 2.16. The minimum absolute atomic E-state index is 0.125. The average molecular weight is 385 g/mol. The van der Waals surface area contributed by atoms with Gasteiger partial charge in [-0.1, -0.05) is 6.07 Å². The molecule has 2 amide bonds. The lowest BCUT2D eigenvalue weighted by Crippen LogP contribution is -2.36. The number of likely N-dealkylation sites (N-methyl/N-ethyl adjacent to an activating group) is 1. The van der Waals surface area contributed by atoms with Crippen LogP contribution in [0, 0.1) is 12.7 Å². The number of halogens is 1. The van der Waals surface area contributed by atoms with Crippen LogP contribution in [-0.2, 0) is 9.53 Å². The minimum Gasteiger partial charge on any atom is -0.378 e. The molecule has 28 heavy (non-hydrogen) atoms. The van der Waals surface area contributed by atoms with Crippen molar-refractivity contribution in [3.8, 4) is 0 Å². The van der Waals surface area contributed by atoms with Crippen LogP contribution in [0.4, 0.5) is 15.8 Å². The first-order valence-corrected chi connectivity index (χ1v) is 9.18. The van der Waals surface area contributed by atoms with E-state index in [1.54, 1.807) is 19.1 Å². The van der Waals surface area contributed by atoms with Crippen LogP contribution in [0.1, 0.15) is 15.9 Å². The molecule has 1 heterocycles. The summed E-state index contributed by atoms with van der Waals surface area (Å²) in [7, 11) is 1.52. The number of ether oxygens (including phenoxy) is 1. The van der Waals surface area contributed by atoms with Gasteiger partial charge in [0.2, 0.25) is 5.91 Å². The van der Waals surface area contributed by atoms with Crippen LogP contribution < -0.4 is 10.2 Å². The van der Waals surface area contributed by atoms with E-state index in [1.807, 2.05) is 24.3 Å². The van der Waals surface area contributed by atoms with E-state index in [4.69, 9.17) is 4.74 Å². The van der Waals surface area contributed by atoms with Crippen LogP contribution in [0.25, 0.3) is 0 Å². The number of hydrogen-bond donors (Lipinski definition) is 1. The smallest absolute Gasteiger partial charge is 0.254 e. The monoisotopic (exact) mass is 385 g/mol. The van der Waals surface area contributed by atoms with Gasteiger partial charge in [0.05, 0.1) is 19.8 Å². The van der Waals surface area contributed by atoms with E-state index in [9.17, 15) is 14.0 Å². The molecule has 2 aromatic carbocycles. The zero-order valence-corrected chi connectivity index (χ0v) is 16.1. The summed E-state index contributed by atoms with van der Waals surface area (Å²) in [6.45, 7) is 4.62. The Hall–Kier alpha value is -2.93. The molecule has 0 atom stereocenters. The van der Waals surface area contributed by atoms with Gasteiger partial charge in [0.15, 0.2) is 0 Å². The summed E-state index contributed by atoms with van der Waals surface area (Å²) in [5.41, 5.74) is 2.42. The Labute approximate surface area is 163 Å². The van der Waals surface area contributed by atoms with Crippen molar-refractivity contribution < 1.29 is 18.7 Å². The number of morpholine rings is 1. The van der Waals surface area contributed by atoms with Crippen molar-refractivity contribution in [1.82, 2.24) is 4.90 Å². The summed E-state index contributed by atoms with van der Waals surface area (Å²) in [5, 5.41) is 2.78. The van der Waals surface area contributed by atoms with E-state index in [0.717, 1.165) is 18.8 Å². The lowest BCUT2D eigenvalue weighted by Gasteiger charge is -2.28. The highest BCUT2D eigenvalue weighted by Crippen LogP contribution is 2.19. The zero-order valence-electron chi connectivity index (χ0n) is 16.1. The molecule has 1 fully saturated rings. The fourth-order valence-electron chi connectivity index (χ4n) is 3.01. The largest absolute Gasteiger partial charge is 0.378 e. The van der Waals surface area contributed by atoms with Crippen molar-refractivity contribution >= 4 is 23.2 Å². The van der Waals surface area contributed by atoms with Gasteiger partial charge in [-0.05, 0) is 48.9 Å². The molecule has 3 rings (SSSR count). The Morgan fingerprint density at radius 2 is 1.82 bits per heavy atom. The Bertz CT molecular complexity index is 848. The van der Waals surface area contributed by atoms with Crippen molar-refractivity contribution in [2.75, 3.05) is 50.1 Å². The molecule has 0 spiro atoms. The zero-order chi connectivity index (χ0) is 20.1. The van der Waals surface area contributed by atoms with Gasteiger partial charge in [-0.2, -0.15) is 0 Å². The van der Waals surface area contributed by atoms with Gasteiger partial charge in [-0.3, -0.25) is 9.59 Å². The maximum atomic E-state index is 13.7. The molecule has 6 nitrogen and oxygen atoms in total. The van der Waals surface area contributed by atoms with Crippen LogP contribution >= 0.6 is 0 Å². The first-order valence-electron chi connectivity index (χ1n) is 9.18. The first kappa shape index (κ1) is 19.8. The lowest BCUT2D eigenvalue weighted by molar-refractivity contribution is -0.116. The van der Waals surface area contributed by atoms with Gasteiger partial charge in [0.25, 0.3) is 5.91 Å². The molecule has 2 aromatic rings. The van der Waals surface area contributed by atoms with Crippen molar-refractivity contribution in [2.45, 2.75) is 6.92 Å². The maximum absolute atomic E-state index is 13.7. The van der Waals surface area contributed by atoms with Gasteiger partial charge < -0.3 is 19.9 Å². The summed E-state index contributed by atoms with van der Waals surface area (Å²) < 4.78 is 19.0. The molecule has 0 aliphatic carbocycles. The van der Waals surface area contributed by atoms with Gasteiger partial charge >= 0.3 is 0 Å². The summed E-state index contributed by atoms with van der Waals surface area (Å²) in [6, 6.07) is 11.9. The van der Waals surface area contributed by atoms with E-state index in [2.05, 4.69) is 10.2 Å². The standard InChI is InChI=1S/C21H24FN3O3/c1-15-3-4-16(13-19(15)22)21(27)24(2)14-20(26)23-17-5-7-18(8-6-17)25-9-11-28-12-10-25/h3-8,13H,9-12,14H2,1-2H3,(H,23,26). The van der Waals surface area contributed by atoms with Crippen LogP contribution in [0.5, 0.6) is 0 Å². The third-order valence-electron chi connectivity index (χ3n) is 4.67. The third-order valence-corrected chi connectivity index (χ3v) is 4.67. The number of carbonyl (C=O) groups is 2. The number of benzene rings is 2. The summed E-state index contributed by atoms with van der Waals surface area (Å²) in [4.78, 5) is 28.1. The fourth-order valence-corrected chi connectivity index (χ4v) is 3.01. The summed E-state index contributed by atoms with van der Waals surface area (Å²) >= 11 is 0. The Morgan fingerprint density at radius 3 is 2.46 bits per heavy atom. The molecule has 0 saturated carbocycles. The highest BCUT2D eigenvalue weighted by molar-refractivity contribution is 5.99. The quantitative estimate of drug-likeness (QED) is 0.860. The molecule has 1 aliphatic heterocycles. The fraction of sp³-hybridized carbons (Fsp3) is 0.333. The van der Waals surface area contributed by atoms with E-state index in [0.29, 0.717) is 24.5 Å². The van der Waals surface area contributed by atoms with Crippen molar-refractivity contribution in [3.63, 3.8) is 0 Å². The van der Waals surface area contributed by atoms with Gasteiger partial charge in [0.1, 0.15) is 5.82 Å². The lowest BCUT2D eigenvalue weighted by atomic mass is 10.1. The number of aryl methyl sites for hydroxylation is 1. The van der Waals surface area contributed by atoms with Gasteiger partial charge in [0, 0.05) is 37.1 Å². The number of anilines is 2. The molecule has 1 N–H and O–H groups in total. The number of nitrogens with one attached hydrogen (secondary N) is 1. The number of hydrogen-bond acceptors (Lipinski definition) is 4. The molecular weight excluding hydrogens is 361 g/mol. The summed E-state index contributed by atoms with van der Waals surface area (Å²) in [5.74, 6) is -1.16. The Morgan fingerprint density at radius 1 is 1.14 bits per heavy atom. The number of amides is 2. The van der Waals surface area contributed by atoms with Crippen molar-refractivity contribution in [2.24, 2.45) is 0 Å².